The van der Waals surface area contributed by atoms with Gasteiger partial charge in [-0.2, -0.15) is 0 Å². The monoisotopic (exact) mass is 256 g/mol. The lowest BCUT2D eigenvalue weighted by Gasteiger charge is -2.25. The van der Waals surface area contributed by atoms with Crippen LogP contribution in [0, 0.1) is 0 Å². The Balaban J connectivity index is 2.59. The highest BCUT2D eigenvalue weighted by atomic mass is 35.5. The van der Waals surface area contributed by atoms with E-state index in [0.29, 0.717) is 17.4 Å². The first-order valence-corrected chi connectivity index (χ1v) is 5.91. The van der Waals surface area contributed by atoms with E-state index in [0.717, 1.165) is 0 Å². The van der Waals surface area contributed by atoms with E-state index in [1.165, 1.54) is 0 Å². The third kappa shape index (κ3) is 5.09. The van der Waals surface area contributed by atoms with Crippen LogP contribution in [0.1, 0.15) is 27.2 Å². The molecule has 1 aromatic rings. The van der Waals surface area contributed by atoms with E-state index in [1.54, 1.807) is 31.2 Å². The second-order valence-corrected chi connectivity index (χ2v) is 4.73. The van der Waals surface area contributed by atoms with Gasteiger partial charge in [-0.3, -0.25) is 4.79 Å². The predicted molar refractivity (Wildman–Crippen MR) is 67.4 cm³/mol. The Morgan fingerprint density at radius 3 is 2.41 bits per heavy atom. The molecule has 0 aliphatic heterocycles. The number of halogens is 1. The van der Waals surface area contributed by atoms with Crippen LogP contribution in [-0.2, 0) is 9.53 Å². The maximum Gasteiger partial charge on any atom is 0.309 e. The first-order valence-electron chi connectivity index (χ1n) is 5.53. The predicted octanol–water partition coefficient (Wildman–Crippen LogP) is 3.45. The van der Waals surface area contributed by atoms with Gasteiger partial charge in [0.05, 0.1) is 13.0 Å². The van der Waals surface area contributed by atoms with Gasteiger partial charge in [0.2, 0.25) is 0 Å². The maximum absolute atomic E-state index is 11.4. The molecule has 1 rings (SSSR count). The molecular weight excluding hydrogens is 240 g/mol. The Bertz CT molecular complexity index is 371. The highest BCUT2D eigenvalue weighted by Crippen LogP contribution is 2.23. The number of benzene rings is 1. The van der Waals surface area contributed by atoms with Gasteiger partial charge in [0.25, 0.3) is 0 Å². The molecule has 0 amide bonds. The van der Waals surface area contributed by atoms with E-state index in [-0.39, 0.29) is 12.4 Å². The lowest BCUT2D eigenvalue weighted by molar-refractivity contribution is -0.146. The normalized spacial score (nSPS) is 11.1. The summed E-state index contributed by atoms with van der Waals surface area (Å²) < 4.78 is 10.6. The number of hydrogen-bond donors (Lipinski definition) is 0. The molecule has 1 aromatic carbocycles. The number of rotatable bonds is 5. The van der Waals surface area contributed by atoms with Gasteiger partial charge in [0.15, 0.2) is 0 Å². The molecule has 0 unspecified atom stereocenters. The Labute approximate surface area is 107 Å². The molecule has 0 heterocycles. The molecule has 0 aromatic heterocycles. The van der Waals surface area contributed by atoms with Gasteiger partial charge < -0.3 is 9.47 Å². The molecule has 0 fully saturated rings. The summed E-state index contributed by atoms with van der Waals surface area (Å²) in [5, 5.41) is 0.653. The summed E-state index contributed by atoms with van der Waals surface area (Å²) in [6, 6.07) is 7.04. The molecule has 0 atom stereocenters. The number of carbonyl (C=O) groups is 1. The van der Waals surface area contributed by atoms with Crippen molar-refractivity contribution in [3.8, 4) is 5.75 Å². The fourth-order valence-corrected chi connectivity index (χ4v) is 1.54. The molecule has 0 bridgehead atoms. The first-order chi connectivity index (χ1) is 7.93. The zero-order valence-electron chi connectivity index (χ0n) is 10.3. The van der Waals surface area contributed by atoms with Crippen molar-refractivity contribution >= 4 is 17.6 Å². The summed E-state index contributed by atoms with van der Waals surface area (Å²) in [6.07, 6.45) is 0.212. The molecule has 4 heteroatoms. The summed E-state index contributed by atoms with van der Waals surface area (Å²) in [6.45, 7) is 5.86. The van der Waals surface area contributed by atoms with Gasteiger partial charge in [-0.05, 0) is 45.0 Å². The number of carbonyl (C=O) groups excluding carboxylic acids is 1. The van der Waals surface area contributed by atoms with E-state index in [2.05, 4.69) is 0 Å². The molecule has 0 spiro atoms. The molecule has 0 saturated heterocycles. The summed E-state index contributed by atoms with van der Waals surface area (Å²) >= 11 is 5.78. The standard InChI is InChI=1S/C13H17ClO3/c1-4-16-12(15)9-13(2,3)17-11-7-5-10(14)6-8-11/h5-8H,4,9H2,1-3H3. The average molecular weight is 257 g/mol. The molecule has 17 heavy (non-hydrogen) atoms. The van der Waals surface area contributed by atoms with Gasteiger partial charge in [-0.25, -0.2) is 0 Å². The Morgan fingerprint density at radius 1 is 1.29 bits per heavy atom. The summed E-state index contributed by atoms with van der Waals surface area (Å²) in [7, 11) is 0. The third-order valence-electron chi connectivity index (χ3n) is 2.08. The van der Waals surface area contributed by atoms with E-state index < -0.39 is 5.60 Å². The van der Waals surface area contributed by atoms with Crippen LogP contribution in [0.15, 0.2) is 24.3 Å². The molecule has 0 radical (unpaired) electrons. The Hall–Kier alpha value is -1.22. The SMILES string of the molecule is CCOC(=O)CC(C)(C)Oc1ccc(Cl)cc1. The minimum absolute atomic E-state index is 0.212. The quantitative estimate of drug-likeness (QED) is 0.757. The van der Waals surface area contributed by atoms with E-state index in [9.17, 15) is 4.79 Å². The van der Waals surface area contributed by atoms with Gasteiger partial charge in [0, 0.05) is 5.02 Å². The fraction of sp³-hybridized carbons (Fsp3) is 0.462. The highest BCUT2D eigenvalue weighted by Gasteiger charge is 2.24. The van der Waals surface area contributed by atoms with Crippen LogP contribution in [0.25, 0.3) is 0 Å². The topological polar surface area (TPSA) is 35.5 Å². The minimum atomic E-state index is -0.597. The third-order valence-corrected chi connectivity index (χ3v) is 2.34. The van der Waals surface area contributed by atoms with Crippen LogP contribution in [0.3, 0.4) is 0 Å². The summed E-state index contributed by atoms with van der Waals surface area (Å²) in [4.78, 5) is 11.4. The van der Waals surface area contributed by atoms with Crippen LogP contribution >= 0.6 is 11.6 Å². The molecule has 0 aliphatic rings. The number of ether oxygens (including phenoxy) is 2. The smallest absolute Gasteiger partial charge is 0.309 e. The Morgan fingerprint density at radius 2 is 1.88 bits per heavy atom. The Kier molecular flexibility index (Phi) is 4.82. The maximum atomic E-state index is 11.4. The fourth-order valence-electron chi connectivity index (χ4n) is 1.42. The lowest BCUT2D eigenvalue weighted by Crippen LogP contribution is -2.32. The van der Waals surface area contributed by atoms with Crippen molar-refractivity contribution in [2.45, 2.75) is 32.8 Å². The largest absolute Gasteiger partial charge is 0.487 e. The number of hydrogen-bond acceptors (Lipinski definition) is 3. The van der Waals surface area contributed by atoms with E-state index in [4.69, 9.17) is 21.1 Å². The summed E-state index contributed by atoms with van der Waals surface area (Å²) in [5.41, 5.74) is -0.597. The number of esters is 1. The van der Waals surface area contributed by atoms with Crippen LogP contribution in [-0.4, -0.2) is 18.2 Å². The molecular formula is C13H17ClO3. The second kappa shape index (κ2) is 5.92. The molecule has 0 aliphatic carbocycles. The molecule has 3 nitrogen and oxygen atoms in total. The van der Waals surface area contributed by atoms with Crippen LogP contribution in [0.5, 0.6) is 5.75 Å². The molecule has 0 N–H and O–H groups in total. The second-order valence-electron chi connectivity index (χ2n) is 4.30. The first kappa shape index (κ1) is 13.8. The van der Waals surface area contributed by atoms with Crippen molar-refractivity contribution in [2.24, 2.45) is 0 Å². The lowest BCUT2D eigenvalue weighted by atomic mass is 10.1. The van der Waals surface area contributed by atoms with E-state index in [1.807, 2.05) is 13.8 Å². The van der Waals surface area contributed by atoms with Crippen LogP contribution in [0.2, 0.25) is 5.02 Å². The highest BCUT2D eigenvalue weighted by molar-refractivity contribution is 6.30. The van der Waals surface area contributed by atoms with Gasteiger partial charge >= 0.3 is 5.97 Å². The van der Waals surface area contributed by atoms with Crippen molar-refractivity contribution in [3.63, 3.8) is 0 Å². The van der Waals surface area contributed by atoms with Crippen molar-refractivity contribution in [1.29, 1.82) is 0 Å². The van der Waals surface area contributed by atoms with Crippen molar-refractivity contribution in [1.82, 2.24) is 0 Å². The van der Waals surface area contributed by atoms with Gasteiger partial charge in [-0.1, -0.05) is 11.6 Å². The van der Waals surface area contributed by atoms with Crippen molar-refractivity contribution in [3.05, 3.63) is 29.3 Å². The van der Waals surface area contributed by atoms with Gasteiger partial charge in [0.1, 0.15) is 11.4 Å². The van der Waals surface area contributed by atoms with E-state index >= 15 is 0 Å². The van der Waals surface area contributed by atoms with Crippen LogP contribution in [0.4, 0.5) is 0 Å². The van der Waals surface area contributed by atoms with Crippen molar-refractivity contribution < 1.29 is 14.3 Å². The van der Waals surface area contributed by atoms with Gasteiger partial charge in [-0.15, -0.1) is 0 Å². The zero-order valence-corrected chi connectivity index (χ0v) is 11.1. The average Bonchev–Trinajstić information content (AvgIpc) is 2.20. The minimum Gasteiger partial charge on any atom is -0.487 e. The summed E-state index contributed by atoms with van der Waals surface area (Å²) in [5.74, 6) is 0.426. The van der Waals surface area contributed by atoms with Crippen molar-refractivity contribution in [2.75, 3.05) is 6.61 Å². The van der Waals surface area contributed by atoms with Crippen LogP contribution < -0.4 is 4.74 Å². The molecule has 0 saturated carbocycles. The molecule has 94 valence electrons. The zero-order chi connectivity index (χ0) is 12.9.